The minimum absolute atomic E-state index is 0.239. The highest BCUT2D eigenvalue weighted by Crippen LogP contribution is 2.09. The molecule has 0 saturated heterocycles. The molecule has 0 atom stereocenters. The van der Waals surface area contributed by atoms with Crippen LogP contribution in [-0.4, -0.2) is 23.2 Å². The molecular formula is C9H15N3O2. The Labute approximate surface area is 82.2 Å². The van der Waals surface area contributed by atoms with Gasteiger partial charge in [0, 0.05) is 28.2 Å². The summed E-state index contributed by atoms with van der Waals surface area (Å²) in [4.78, 5) is 24.9. The van der Waals surface area contributed by atoms with Crippen LogP contribution in [-0.2, 0) is 14.1 Å². The van der Waals surface area contributed by atoms with E-state index >= 15 is 0 Å². The Hall–Kier alpha value is -1.52. The molecule has 0 bridgehead atoms. The lowest BCUT2D eigenvalue weighted by atomic mass is 10.3. The van der Waals surface area contributed by atoms with Gasteiger partial charge in [-0.25, -0.2) is 4.79 Å². The van der Waals surface area contributed by atoms with Crippen LogP contribution in [0, 0.1) is 6.92 Å². The largest absolute Gasteiger partial charge is 0.364 e. The van der Waals surface area contributed by atoms with E-state index in [1.165, 1.54) is 11.6 Å². The van der Waals surface area contributed by atoms with Gasteiger partial charge < -0.3 is 4.90 Å². The van der Waals surface area contributed by atoms with Gasteiger partial charge in [-0.05, 0) is 6.92 Å². The maximum atomic E-state index is 11.6. The second-order valence-electron chi connectivity index (χ2n) is 3.55. The van der Waals surface area contributed by atoms with E-state index in [9.17, 15) is 9.59 Å². The quantitative estimate of drug-likeness (QED) is 0.607. The third kappa shape index (κ3) is 1.34. The predicted molar refractivity (Wildman–Crippen MR) is 56.0 cm³/mol. The molecule has 1 heterocycles. The molecule has 0 spiro atoms. The fraction of sp³-hybridized carbons (Fsp3) is 0.556. The van der Waals surface area contributed by atoms with Gasteiger partial charge in [0.15, 0.2) is 0 Å². The zero-order valence-electron chi connectivity index (χ0n) is 9.16. The van der Waals surface area contributed by atoms with Crippen LogP contribution < -0.4 is 16.1 Å². The van der Waals surface area contributed by atoms with Crippen molar-refractivity contribution >= 4 is 5.82 Å². The molecule has 0 aliphatic rings. The number of nitrogens with zero attached hydrogens (tertiary/aromatic N) is 3. The summed E-state index contributed by atoms with van der Waals surface area (Å²) in [7, 11) is 6.75. The first-order chi connectivity index (χ1) is 6.37. The predicted octanol–water partition coefficient (Wildman–Crippen LogP) is -0.542. The van der Waals surface area contributed by atoms with Crippen molar-refractivity contribution in [2.75, 3.05) is 19.0 Å². The summed E-state index contributed by atoms with van der Waals surface area (Å²) in [6, 6.07) is 0. The molecule has 0 N–H and O–H groups in total. The molecule has 0 fully saturated rings. The zero-order chi connectivity index (χ0) is 11.0. The van der Waals surface area contributed by atoms with E-state index in [2.05, 4.69) is 0 Å². The average molecular weight is 197 g/mol. The van der Waals surface area contributed by atoms with Crippen LogP contribution >= 0.6 is 0 Å². The third-order valence-electron chi connectivity index (χ3n) is 2.28. The van der Waals surface area contributed by atoms with Crippen molar-refractivity contribution in [2.45, 2.75) is 6.92 Å². The summed E-state index contributed by atoms with van der Waals surface area (Å²) in [5.74, 6) is 0.651. The number of aromatic nitrogens is 2. The van der Waals surface area contributed by atoms with Crippen LogP contribution in [0.5, 0.6) is 0 Å². The molecule has 0 aromatic carbocycles. The Kier molecular flexibility index (Phi) is 2.51. The molecular weight excluding hydrogens is 182 g/mol. The number of anilines is 1. The summed E-state index contributed by atoms with van der Waals surface area (Å²) in [6.07, 6.45) is 0. The SMILES string of the molecule is Cc1c(N(C)C)n(C)c(=O)n(C)c1=O. The standard InChI is InChI=1S/C9H15N3O2/c1-6-7(10(2)3)11(4)9(14)12(5)8(6)13/h1-5H3. The number of hydrogen-bond acceptors (Lipinski definition) is 3. The van der Waals surface area contributed by atoms with E-state index in [0.29, 0.717) is 11.4 Å². The van der Waals surface area contributed by atoms with Crippen LogP contribution in [0.15, 0.2) is 9.59 Å². The molecule has 5 nitrogen and oxygen atoms in total. The molecule has 14 heavy (non-hydrogen) atoms. The van der Waals surface area contributed by atoms with Gasteiger partial charge in [-0.3, -0.25) is 13.9 Å². The first-order valence-electron chi connectivity index (χ1n) is 4.32. The van der Waals surface area contributed by atoms with Gasteiger partial charge in [-0.2, -0.15) is 0 Å². The zero-order valence-corrected chi connectivity index (χ0v) is 9.16. The van der Waals surface area contributed by atoms with Crippen molar-refractivity contribution in [3.8, 4) is 0 Å². The molecule has 0 radical (unpaired) electrons. The molecule has 1 rings (SSSR count). The van der Waals surface area contributed by atoms with Crippen molar-refractivity contribution in [3.63, 3.8) is 0 Å². The highest BCUT2D eigenvalue weighted by Gasteiger charge is 2.12. The van der Waals surface area contributed by atoms with Crippen LogP contribution in [0.1, 0.15) is 5.56 Å². The lowest BCUT2D eigenvalue weighted by Crippen LogP contribution is -2.40. The van der Waals surface area contributed by atoms with E-state index in [-0.39, 0.29) is 11.2 Å². The molecule has 0 amide bonds. The van der Waals surface area contributed by atoms with Crippen LogP contribution in [0.2, 0.25) is 0 Å². The van der Waals surface area contributed by atoms with Gasteiger partial charge in [-0.15, -0.1) is 0 Å². The Balaban J connectivity index is 3.78. The highest BCUT2D eigenvalue weighted by atomic mass is 16.2. The van der Waals surface area contributed by atoms with Crippen molar-refractivity contribution in [3.05, 3.63) is 26.4 Å². The lowest BCUT2D eigenvalue weighted by Gasteiger charge is -2.19. The molecule has 1 aromatic heterocycles. The topological polar surface area (TPSA) is 47.2 Å². The molecule has 0 aliphatic heterocycles. The fourth-order valence-electron chi connectivity index (χ4n) is 1.64. The van der Waals surface area contributed by atoms with Gasteiger partial charge in [0.2, 0.25) is 0 Å². The first-order valence-corrected chi connectivity index (χ1v) is 4.32. The molecule has 0 aliphatic carbocycles. The molecule has 78 valence electrons. The minimum atomic E-state index is -0.302. The van der Waals surface area contributed by atoms with Crippen LogP contribution in [0.4, 0.5) is 5.82 Å². The maximum absolute atomic E-state index is 11.6. The Bertz CT molecular complexity index is 431. The van der Waals surface area contributed by atoms with Crippen LogP contribution in [0.3, 0.4) is 0 Å². The fourth-order valence-corrected chi connectivity index (χ4v) is 1.64. The maximum Gasteiger partial charge on any atom is 0.332 e. The van der Waals surface area contributed by atoms with Crippen molar-refractivity contribution in [1.82, 2.24) is 9.13 Å². The van der Waals surface area contributed by atoms with Gasteiger partial charge in [-0.1, -0.05) is 0 Å². The normalized spacial score (nSPS) is 10.4. The van der Waals surface area contributed by atoms with Gasteiger partial charge >= 0.3 is 5.69 Å². The van der Waals surface area contributed by atoms with E-state index in [4.69, 9.17) is 0 Å². The highest BCUT2D eigenvalue weighted by molar-refractivity contribution is 5.44. The van der Waals surface area contributed by atoms with Gasteiger partial charge in [0.05, 0.1) is 5.56 Å². The van der Waals surface area contributed by atoms with Gasteiger partial charge in [0.1, 0.15) is 5.82 Å². The summed E-state index contributed by atoms with van der Waals surface area (Å²) in [5.41, 5.74) is 0.0423. The third-order valence-corrected chi connectivity index (χ3v) is 2.28. The molecule has 5 heteroatoms. The average Bonchev–Trinajstić information content (AvgIpc) is 2.11. The Morgan fingerprint density at radius 3 is 2.00 bits per heavy atom. The van der Waals surface area contributed by atoms with Crippen molar-refractivity contribution < 1.29 is 0 Å². The minimum Gasteiger partial charge on any atom is -0.364 e. The Morgan fingerprint density at radius 1 is 1.07 bits per heavy atom. The van der Waals surface area contributed by atoms with E-state index < -0.39 is 0 Å². The summed E-state index contributed by atoms with van der Waals surface area (Å²) < 4.78 is 2.58. The summed E-state index contributed by atoms with van der Waals surface area (Å²) >= 11 is 0. The lowest BCUT2D eigenvalue weighted by molar-refractivity contribution is 0.672. The van der Waals surface area contributed by atoms with Gasteiger partial charge in [0.25, 0.3) is 5.56 Å². The molecule has 0 unspecified atom stereocenters. The van der Waals surface area contributed by atoms with E-state index in [1.807, 2.05) is 0 Å². The summed E-state index contributed by atoms with van der Waals surface area (Å²) in [5, 5.41) is 0. The van der Waals surface area contributed by atoms with Crippen molar-refractivity contribution in [1.29, 1.82) is 0 Å². The monoisotopic (exact) mass is 197 g/mol. The van der Waals surface area contributed by atoms with Crippen molar-refractivity contribution in [2.24, 2.45) is 14.1 Å². The van der Waals surface area contributed by atoms with E-state index in [1.54, 1.807) is 33.0 Å². The number of hydrogen-bond donors (Lipinski definition) is 0. The second kappa shape index (κ2) is 3.32. The van der Waals surface area contributed by atoms with E-state index in [0.717, 1.165) is 4.57 Å². The number of rotatable bonds is 1. The first kappa shape index (κ1) is 10.6. The molecule has 0 saturated carbocycles. The Morgan fingerprint density at radius 2 is 1.57 bits per heavy atom. The second-order valence-corrected chi connectivity index (χ2v) is 3.55. The molecule has 1 aromatic rings. The smallest absolute Gasteiger partial charge is 0.332 e. The summed E-state index contributed by atoms with van der Waals surface area (Å²) in [6.45, 7) is 1.72. The van der Waals surface area contributed by atoms with Crippen LogP contribution in [0.25, 0.3) is 0 Å².